The standard InChI is InChI=1S/C36H40N2O6Si/c1-6-16-29(42-34(40)26-17-10-7-11-18-26)32-30(23-31(43-32)38-24-25(2)33(39)37-35(38)41)44-45(36(3,4)5,27-19-12-8-13-20-27)28-21-14-9-15-22-28/h6-15,17-22,24,29-32H,1,16,23H2,2-5H3,(H,37,39,41)/t29-,30-,31+,32+/m0/s1. The number of aromatic amines is 1. The molecule has 4 atom stereocenters. The number of nitrogens with zero attached hydrogens (tertiary/aromatic N) is 1. The number of nitrogens with one attached hydrogen (secondary N) is 1. The smallest absolute Gasteiger partial charge is 0.338 e. The van der Waals surface area contributed by atoms with Crippen LogP contribution in [0.2, 0.25) is 5.04 Å². The van der Waals surface area contributed by atoms with Gasteiger partial charge in [0.25, 0.3) is 13.9 Å². The minimum absolute atomic E-state index is 0.289. The lowest BCUT2D eigenvalue weighted by atomic mass is 10.0. The van der Waals surface area contributed by atoms with E-state index in [1.807, 2.05) is 42.5 Å². The van der Waals surface area contributed by atoms with Crippen LogP contribution in [0.4, 0.5) is 0 Å². The van der Waals surface area contributed by atoms with Crippen molar-refractivity contribution >= 4 is 24.7 Å². The topological polar surface area (TPSA) is 99.6 Å². The monoisotopic (exact) mass is 624 g/mol. The van der Waals surface area contributed by atoms with E-state index in [9.17, 15) is 14.4 Å². The molecule has 1 aliphatic rings. The lowest BCUT2D eigenvalue weighted by Crippen LogP contribution is -2.68. The first kappa shape index (κ1) is 32.1. The molecule has 4 aromatic rings. The summed E-state index contributed by atoms with van der Waals surface area (Å²) in [5.41, 5.74) is -0.239. The van der Waals surface area contributed by atoms with E-state index in [1.165, 1.54) is 10.8 Å². The number of carbonyl (C=O) groups is 1. The molecule has 1 aromatic heterocycles. The van der Waals surface area contributed by atoms with Crippen LogP contribution in [-0.4, -0.2) is 42.1 Å². The fourth-order valence-corrected chi connectivity index (χ4v) is 10.9. The van der Waals surface area contributed by atoms with E-state index < -0.39 is 50.1 Å². The number of hydrogen-bond donors (Lipinski definition) is 1. The van der Waals surface area contributed by atoms with Crippen LogP contribution in [0.25, 0.3) is 0 Å². The molecule has 1 fully saturated rings. The molecular formula is C36H40N2O6Si. The quantitative estimate of drug-likeness (QED) is 0.153. The number of aryl methyl sites for hydroxylation is 1. The Labute approximate surface area is 264 Å². The summed E-state index contributed by atoms with van der Waals surface area (Å²) in [4.78, 5) is 40.9. The number of esters is 1. The van der Waals surface area contributed by atoms with E-state index >= 15 is 0 Å². The van der Waals surface area contributed by atoms with Crippen molar-refractivity contribution in [1.29, 1.82) is 0 Å². The Morgan fingerprint density at radius 3 is 2.09 bits per heavy atom. The van der Waals surface area contributed by atoms with Crippen LogP contribution in [-0.2, 0) is 13.9 Å². The second-order valence-corrected chi connectivity index (χ2v) is 16.7. The zero-order valence-corrected chi connectivity index (χ0v) is 27.1. The van der Waals surface area contributed by atoms with E-state index in [0.717, 1.165) is 10.4 Å². The molecule has 0 unspecified atom stereocenters. The van der Waals surface area contributed by atoms with E-state index in [1.54, 1.807) is 37.3 Å². The first-order valence-electron chi connectivity index (χ1n) is 15.2. The van der Waals surface area contributed by atoms with E-state index in [-0.39, 0.29) is 11.5 Å². The van der Waals surface area contributed by atoms with Gasteiger partial charge in [-0.2, -0.15) is 0 Å². The molecule has 0 spiro atoms. The molecule has 0 amide bonds. The molecule has 2 heterocycles. The first-order chi connectivity index (χ1) is 21.5. The van der Waals surface area contributed by atoms with Crippen LogP contribution >= 0.6 is 0 Å². The Morgan fingerprint density at radius 1 is 1.00 bits per heavy atom. The van der Waals surface area contributed by atoms with Gasteiger partial charge in [-0.25, -0.2) is 9.59 Å². The van der Waals surface area contributed by atoms with Crippen LogP contribution in [0, 0.1) is 6.92 Å². The predicted molar refractivity (Wildman–Crippen MR) is 178 cm³/mol. The molecule has 1 saturated heterocycles. The molecular weight excluding hydrogens is 584 g/mol. The average molecular weight is 625 g/mol. The minimum atomic E-state index is -3.08. The summed E-state index contributed by atoms with van der Waals surface area (Å²) in [6, 6.07) is 29.3. The third kappa shape index (κ3) is 6.56. The van der Waals surface area contributed by atoms with Crippen LogP contribution in [0.15, 0.2) is 119 Å². The Morgan fingerprint density at radius 2 is 1.56 bits per heavy atom. The number of carbonyl (C=O) groups excluding carboxylic acids is 1. The molecule has 1 aliphatic heterocycles. The lowest BCUT2D eigenvalue weighted by Gasteiger charge is -2.45. The SMILES string of the molecule is C=CC[C@H](OC(=O)c1ccccc1)[C@H]1O[C@@H](n2cc(C)c(=O)[nH]c2=O)C[C@@H]1O[Si](c1ccccc1)(c1ccccc1)C(C)(C)C. The van der Waals surface area contributed by atoms with Crippen molar-refractivity contribution in [2.45, 2.75) is 70.1 Å². The zero-order chi connectivity index (χ0) is 32.2. The fraction of sp³-hybridized carbons (Fsp3) is 0.306. The first-order valence-corrected chi connectivity index (χ1v) is 17.1. The largest absolute Gasteiger partial charge is 0.456 e. The number of benzene rings is 3. The van der Waals surface area contributed by atoms with Crippen LogP contribution in [0.3, 0.4) is 0 Å². The van der Waals surface area contributed by atoms with Gasteiger partial charge in [0, 0.05) is 24.6 Å². The van der Waals surface area contributed by atoms with Crippen LogP contribution < -0.4 is 21.6 Å². The predicted octanol–water partition coefficient (Wildman–Crippen LogP) is 4.88. The summed E-state index contributed by atoms with van der Waals surface area (Å²) < 4.78 is 21.6. The van der Waals surface area contributed by atoms with Gasteiger partial charge in [0.15, 0.2) is 0 Å². The number of hydrogen-bond acceptors (Lipinski definition) is 6. The van der Waals surface area contributed by atoms with E-state index in [4.69, 9.17) is 13.9 Å². The molecule has 8 nitrogen and oxygen atoms in total. The summed E-state index contributed by atoms with van der Waals surface area (Å²) in [5.74, 6) is -0.490. The maximum atomic E-state index is 13.3. The summed E-state index contributed by atoms with van der Waals surface area (Å²) in [6.07, 6.45) is 0.915. The van der Waals surface area contributed by atoms with Crippen molar-refractivity contribution in [2.75, 3.05) is 0 Å². The van der Waals surface area contributed by atoms with Gasteiger partial charge >= 0.3 is 11.7 Å². The number of H-pyrrole nitrogens is 1. The van der Waals surface area contributed by atoms with E-state index in [2.05, 4.69) is 56.6 Å². The van der Waals surface area contributed by atoms with Crippen LogP contribution in [0.5, 0.6) is 0 Å². The Balaban J connectivity index is 1.63. The lowest BCUT2D eigenvalue weighted by molar-refractivity contribution is -0.0867. The molecule has 0 saturated carbocycles. The molecule has 1 N–H and O–H groups in total. The number of rotatable bonds is 10. The fourth-order valence-electron chi connectivity index (χ4n) is 6.19. The summed E-state index contributed by atoms with van der Waals surface area (Å²) in [6.45, 7) is 12.1. The van der Waals surface area contributed by atoms with Gasteiger partial charge in [0.1, 0.15) is 18.4 Å². The third-order valence-corrected chi connectivity index (χ3v) is 13.4. The van der Waals surface area contributed by atoms with Gasteiger partial charge in [0.2, 0.25) is 0 Å². The van der Waals surface area contributed by atoms with Gasteiger partial charge in [-0.3, -0.25) is 14.3 Å². The number of ether oxygens (including phenoxy) is 2. The summed E-state index contributed by atoms with van der Waals surface area (Å²) in [5, 5.41) is 1.84. The summed E-state index contributed by atoms with van der Waals surface area (Å²) >= 11 is 0. The maximum absolute atomic E-state index is 13.3. The van der Waals surface area contributed by atoms with Crippen molar-refractivity contribution < 1.29 is 18.7 Å². The van der Waals surface area contributed by atoms with E-state index in [0.29, 0.717) is 17.5 Å². The van der Waals surface area contributed by atoms with Gasteiger partial charge in [0.05, 0.1) is 11.7 Å². The molecule has 0 aliphatic carbocycles. The highest BCUT2D eigenvalue weighted by atomic mass is 28.4. The highest BCUT2D eigenvalue weighted by molar-refractivity contribution is 6.99. The molecule has 5 rings (SSSR count). The molecule has 45 heavy (non-hydrogen) atoms. The van der Waals surface area contributed by atoms with Crippen molar-refractivity contribution in [1.82, 2.24) is 9.55 Å². The molecule has 3 aromatic carbocycles. The Kier molecular flexibility index (Phi) is 9.53. The van der Waals surface area contributed by atoms with Gasteiger partial charge in [-0.1, -0.05) is 106 Å². The highest BCUT2D eigenvalue weighted by Crippen LogP contribution is 2.42. The van der Waals surface area contributed by atoms with Gasteiger partial charge in [-0.05, 0) is 34.5 Å². The average Bonchev–Trinajstić information content (AvgIpc) is 3.45. The van der Waals surface area contributed by atoms with Crippen molar-refractivity contribution in [3.05, 3.63) is 142 Å². The van der Waals surface area contributed by atoms with Gasteiger partial charge < -0.3 is 13.9 Å². The van der Waals surface area contributed by atoms with Gasteiger partial charge in [-0.15, -0.1) is 6.58 Å². The maximum Gasteiger partial charge on any atom is 0.338 e. The zero-order valence-electron chi connectivity index (χ0n) is 26.1. The highest BCUT2D eigenvalue weighted by Gasteiger charge is 2.55. The van der Waals surface area contributed by atoms with Crippen molar-refractivity contribution in [2.24, 2.45) is 0 Å². The second kappa shape index (κ2) is 13.4. The molecule has 234 valence electrons. The molecule has 0 bridgehead atoms. The molecule has 0 radical (unpaired) electrons. The van der Waals surface area contributed by atoms with Crippen molar-refractivity contribution in [3.63, 3.8) is 0 Å². The summed E-state index contributed by atoms with van der Waals surface area (Å²) in [7, 11) is -3.08. The Hall–Kier alpha value is -4.31. The Bertz CT molecular complexity index is 1690. The molecule has 9 heteroatoms. The normalized spacial score (nSPS) is 19.2. The van der Waals surface area contributed by atoms with Crippen LogP contribution in [0.1, 0.15) is 55.8 Å². The third-order valence-electron chi connectivity index (χ3n) is 8.35. The number of aromatic nitrogens is 2. The second-order valence-electron chi connectivity index (χ2n) is 12.4. The van der Waals surface area contributed by atoms with Crippen molar-refractivity contribution in [3.8, 4) is 0 Å². The minimum Gasteiger partial charge on any atom is -0.456 e.